The van der Waals surface area contributed by atoms with Gasteiger partial charge in [-0.2, -0.15) is 0 Å². The third-order valence-electron chi connectivity index (χ3n) is 3.05. The van der Waals surface area contributed by atoms with Crippen LogP contribution in [0, 0.1) is 0 Å². The molecule has 0 bridgehead atoms. The molecule has 1 N–H and O–H groups in total. The molecule has 132 valence electrons. The van der Waals surface area contributed by atoms with Crippen molar-refractivity contribution in [3.8, 4) is 5.75 Å². The van der Waals surface area contributed by atoms with Gasteiger partial charge in [0.2, 0.25) is 6.10 Å². The van der Waals surface area contributed by atoms with Gasteiger partial charge in [0.05, 0.1) is 18.2 Å². The van der Waals surface area contributed by atoms with Gasteiger partial charge in [-0.05, 0) is 45.4 Å². The van der Waals surface area contributed by atoms with Crippen LogP contribution in [0.2, 0.25) is 5.02 Å². The summed E-state index contributed by atoms with van der Waals surface area (Å²) in [7, 11) is 1.23. The fraction of sp³-hybridized carbons (Fsp3) is 0.412. The van der Waals surface area contributed by atoms with Crippen LogP contribution >= 0.6 is 11.6 Å². The van der Waals surface area contributed by atoms with Crippen molar-refractivity contribution >= 4 is 29.4 Å². The van der Waals surface area contributed by atoms with E-state index in [1.165, 1.54) is 7.11 Å². The number of carbonyl (C=O) groups is 2. The SMILES string of the molecule is CC=C(C)C(OC(=O)Nc1ccc(Cl)c(OC(C)C)c1)C(=O)OC. The van der Waals surface area contributed by atoms with Crippen LogP contribution in [0.15, 0.2) is 29.8 Å². The van der Waals surface area contributed by atoms with Gasteiger partial charge in [0, 0.05) is 11.8 Å². The largest absolute Gasteiger partial charge is 0.489 e. The number of methoxy groups -OCH3 is 1. The number of nitrogens with one attached hydrogen (secondary N) is 1. The number of allylic oxidation sites excluding steroid dienone is 1. The number of anilines is 1. The fourth-order valence-corrected chi connectivity index (χ4v) is 1.93. The molecule has 1 amide bonds. The predicted molar refractivity (Wildman–Crippen MR) is 92.6 cm³/mol. The molecule has 6 nitrogen and oxygen atoms in total. The zero-order valence-electron chi connectivity index (χ0n) is 14.4. The Morgan fingerprint density at radius 2 is 1.96 bits per heavy atom. The summed E-state index contributed by atoms with van der Waals surface area (Å²) in [5, 5.41) is 2.97. The molecule has 1 aromatic carbocycles. The zero-order chi connectivity index (χ0) is 18.3. The van der Waals surface area contributed by atoms with E-state index < -0.39 is 18.2 Å². The van der Waals surface area contributed by atoms with Crippen LogP contribution < -0.4 is 10.1 Å². The predicted octanol–water partition coefficient (Wildman–Crippen LogP) is 4.18. The van der Waals surface area contributed by atoms with Gasteiger partial charge in [0.1, 0.15) is 5.75 Å². The monoisotopic (exact) mass is 355 g/mol. The first-order valence-electron chi connectivity index (χ1n) is 7.43. The summed E-state index contributed by atoms with van der Waals surface area (Å²) < 4.78 is 15.3. The normalized spacial score (nSPS) is 12.5. The summed E-state index contributed by atoms with van der Waals surface area (Å²) in [6.45, 7) is 7.14. The van der Waals surface area contributed by atoms with Crippen molar-refractivity contribution < 1.29 is 23.8 Å². The second kappa shape index (κ2) is 9.17. The molecule has 0 aliphatic carbocycles. The lowest BCUT2D eigenvalue weighted by molar-refractivity contribution is -0.148. The van der Waals surface area contributed by atoms with Crippen molar-refractivity contribution in [3.63, 3.8) is 0 Å². The van der Waals surface area contributed by atoms with E-state index in [0.29, 0.717) is 22.0 Å². The average molecular weight is 356 g/mol. The molecule has 0 saturated heterocycles. The van der Waals surface area contributed by atoms with Gasteiger partial charge in [-0.25, -0.2) is 9.59 Å². The van der Waals surface area contributed by atoms with Crippen LogP contribution in [-0.4, -0.2) is 31.4 Å². The lowest BCUT2D eigenvalue weighted by atomic mass is 10.1. The summed E-state index contributed by atoms with van der Waals surface area (Å²) in [6, 6.07) is 4.79. The van der Waals surface area contributed by atoms with Crippen molar-refractivity contribution in [1.29, 1.82) is 0 Å². The molecule has 0 spiro atoms. The highest BCUT2D eigenvalue weighted by Gasteiger charge is 2.25. The average Bonchev–Trinajstić information content (AvgIpc) is 2.53. The summed E-state index contributed by atoms with van der Waals surface area (Å²) in [4.78, 5) is 23.8. The van der Waals surface area contributed by atoms with E-state index in [0.717, 1.165) is 0 Å². The maximum atomic E-state index is 12.0. The van der Waals surface area contributed by atoms with E-state index in [1.54, 1.807) is 38.1 Å². The Bertz CT molecular complexity index is 627. The molecule has 0 aromatic heterocycles. The van der Waals surface area contributed by atoms with E-state index in [9.17, 15) is 9.59 Å². The fourth-order valence-electron chi connectivity index (χ4n) is 1.77. The van der Waals surface area contributed by atoms with Crippen LogP contribution in [0.3, 0.4) is 0 Å². The minimum atomic E-state index is -1.10. The summed E-state index contributed by atoms with van der Waals surface area (Å²) in [6.07, 6.45) is -0.278. The summed E-state index contributed by atoms with van der Waals surface area (Å²) in [5.74, 6) is -0.209. The smallest absolute Gasteiger partial charge is 0.412 e. The molecule has 1 unspecified atom stereocenters. The van der Waals surface area contributed by atoms with Gasteiger partial charge in [0.15, 0.2) is 0 Å². The van der Waals surface area contributed by atoms with Crippen molar-refractivity contribution in [1.82, 2.24) is 0 Å². The third-order valence-corrected chi connectivity index (χ3v) is 3.36. The van der Waals surface area contributed by atoms with Gasteiger partial charge >= 0.3 is 12.1 Å². The van der Waals surface area contributed by atoms with Gasteiger partial charge in [-0.1, -0.05) is 17.7 Å². The van der Waals surface area contributed by atoms with E-state index >= 15 is 0 Å². The Hall–Kier alpha value is -2.21. The van der Waals surface area contributed by atoms with Crippen LogP contribution in [0.5, 0.6) is 5.75 Å². The first kappa shape index (κ1) is 19.8. The molecule has 1 atom stereocenters. The number of halogens is 1. The van der Waals surface area contributed by atoms with Crippen LogP contribution in [0.1, 0.15) is 27.7 Å². The number of amides is 1. The van der Waals surface area contributed by atoms with Gasteiger partial charge in [-0.15, -0.1) is 0 Å². The van der Waals surface area contributed by atoms with Crippen molar-refractivity contribution in [2.24, 2.45) is 0 Å². The molecule has 0 radical (unpaired) electrons. The first-order valence-corrected chi connectivity index (χ1v) is 7.80. The Morgan fingerprint density at radius 3 is 2.50 bits per heavy atom. The van der Waals surface area contributed by atoms with Gasteiger partial charge in [0.25, 0.3) is 0 Å². The molecular weight excluding hydrogens is 334 g/mol. The molecule has 0 saturated carbocycles. The van der Waals surface area contributed by atoms with E-state index in [4.69, 9.17) is 21.1 Å². The number of carbonyl (C=O) groups excluding carboxylic acids is 2. The van der Waals surface area contributed by atoms with Crippen molar-refractivity contribution in [2.75, 3.05) is 12.4 Å². The number of esters is 1. The molecule has 7 heteroatoms. The molecular formula is C17H22ClNO5. The Balaban J connectivity index is 2.85. The Labute approximate surface area is 146 Å². The Morgan fingerprint density at radius 1 is 1.29 bits per heavy atom. The van der Waals surface area contributed by atoms with Crippen molar-refractivity contribution in [2.45, 2.75) is 39.9 Å². The summed E-state index contributed by atoms with van der Waals surface area (Å²) >= 11 is 6.04. The maximum Gasteiger partial charge on any atom is 0.412 e. The highest BCUT2D eigenvalue weighted by Crippen LogP contribution is 2.28. The van der Waals surface area contributed by atoms with E-state index in [-0.39, 0.29) is 6.10 Å². The lowest BCUT2D eigenvalue weighted by Gasteiger charge is -2.17. The number of benzene rings is 1. The molecule has 1 aromatic rings. The second-order valence-corrected chi connectivity index (χ2v) is 5.69. The molecule has 0 fully saturated rings. The minimum absolute atomic E-state index is 0.0641. The highest BCUT2D eigenvalue weighted by atomic mass is 35.5. The molecule has 24 heavy (non-hydrogen) atoms. The Kier molecular flexibility index (Phi) is 7.58. The van der Waals surface area contributed by atoms with Crippen molar-refractivity contribution in [3.05, 3.63) is 34.9 Å². The van der Waals surface area contributed by atoms with E-state index in [2.05, 4.69) is 10.1 Å². The quantitative estimate of drug-likeness (QED) is 0.612. The number of rotatable bonds is 6. The number of ether oxygens (including phenoxy) is 3. The van der Waals surface area contributed by atoms with Gasteiger partial charge < -0.3 is 14.2 Å². The van der Waals surface area contributed by atoms with Crippen LogP contribution in [0.25, 0.3) is 0 Å². The third kappa shape index (κ3) is 5.77. The second-order valence-electron chi connectivity index (χ2n) is 5.28. The lowest BCUT2D eigenvalue weighted by Crippen LogP contribution is -2.31. The molecule has 1 rings (SSSR count). The summed E-state index contributed by atoms with van der Waals surface area (Å²) in [5.41, 5.74) is 0.999. The topological polar surface area (TPSA) is 73.9 Å². The highest BCUT2D eigenvalue weighted by molar-refractivity contribution is 6.32. The van der Waals surface area contributed by atoms with Crippen LogP contribution in [-0.2, 0) is 14.3 Å². The maximum absolute atomic E-state index is 12.0. The molecule has 0 aliphatic heterocycles. The van der Waals surface area contributed by atoms with E-state index in [1.807, 2.05) is 13.8 Å². The molecule has 0 aliphatic rings. The standard InChI is InChI=1S/C17H22ClNO5/c1-6-11(4)15(16(20)22-5)24-17(21)19-12-7-8-13(18)14(9-12)23-10(2)3/h6-10,15H,1-5H3,(H,19,21). The zero-order valence-corrected chi connectivity index (χ0v) is 15.1. The number of hydrogen-bond acceptors (Lipinski definition) is 5. The van der Waals surface area contributed by atoms with Crippen LogP contribution in [0.4, 0.5) is 10.5 Å². The number of hydrogen-bond donors (Lipinski definition) is 1. The minimum Gasteiger partial charge on any atom is -0.489 e. The first-order chi connectivity index (χ1) is 11.3. The molecule has 0 heterocycles. The van der Waals surface area contributed by atoms with Gasteiger partial charge in [-0.3, -0.25) is 5.32 Å².